The van der Waals surface area contributed by atoms with Crippen molar-refractivity contribution < 1.29 is 10.2 Å². The Morgan fingerprint density at radius 3 is 1.13 bits per heavy atom. The molecule has 0 heterocycles. The first-order chi connectivity index (χ1) is 10.6. The molecule has 0 saturated carbocycles. The third kappa shape index (κ3) is 5.97. The molecule has 2 aromatic carbocycles. The van der Waals surface area contributed by atoms with Crippen molar-refractivity contribution in [3.8, 4) is 11.5 Å². The minimum atomic E-state index is -0.151. The molecule has 0 unspecified atom stereocenters. The Bertz CT molecular complexity index is 540. The van der Waals surface area contributed by atoms with Gasteiger partial charge in [0.25, 0.3) is 0 Å². The Labute approximate surface area is 140 Å². The Kier molecular flexibility index (Phi) is 6.26. The van der Waals surface area contributed by atoms with Crippen LogP contribution in [-0.4, -0.2) is 10.2 Å². The summed E-state index contributed by atoms with van der Waals surface area (Å²) in [5.41, 5.74) is 2.64. The molecule has 0 aliphatic rings. The minimum absolute atomic E-state index is 0.151. The van der Waals surface area contributed by atoms with Crippen LogP contribution in [0.2, 0.25) is 0 Å². The second-order valence-corrected chi connectivity index (χ2v) is 7.63. The highest BCUT2D eigenvalue weighted by molar-refractivity contribution is 5.41. The molecule has 0 bridgehead atoms. The largest absolute Gasteiger partial charge is 0.508 e. The zero-order chi connectivity index (χ0) is 17.7. The molecule has 2 N–H and O–H groups in total. The molecule has 0 aliphatic carbocycles. The second kappa shape index (κ2) is 7.54. The third-order valence-electron chi connectivity index (χ3n) is 4.24. The van der Waals surface area contributed by atoms with Gasteiger partial charge in [0.15, 0.2) is 0 Å². The first-order valence-electron chi connectivity index (χ1n) is 8.15. The van der Waals surface area contributed by atoms with Crippen LogP contribution in [-0.2, 0) is 5.41 Å². The van der Waals surface area contributed by atoms with Crippen molar-refractivity contribution in [2.45, 2.75) is 53.4 Å². The van der Waals surface area contributed by atoms with Gasteiger partial charge >= 0.3 is 0 Å². The van der Waals surface area contributed by atoms with E-state index in [-0.39, 0.29) is 16.9 Å². The summed E-state index contributed by atoms with van der Waals surface area (Å²) in [5.74, 6) is 0.547. The maximum Gasteiger partial charge on any atom is 0.115 e. The lowest BCUT2D eigenvalue weighted by Gasteiger charge is -2.26. The first-order valence-corrected chi connectivity index (χ1v) is 8.15. The van der Waals surface area contributed by atoms with E-state index < -0.39 is 0 Å². The molecule has 2 rings (SSSR count). The maximum atomic E-state index is 9.30. The summed E-state index contributed by atoms with van der Waals surface area (Å²) in [6.07, 6.45) is 1.27. The molecule has 2 heteroatoms. The zero-order valence-corrected chi connectivity index (χ0v) is 15.2. The Morgan fingerprint density at radius 1 is 0.652 bits per heavy atom. The predicted octanol–water partition coefficient (Wildman–Crippen LogP) is 5.87. The monoisotopic (exact) mass is 314 g/mol. The Morgan fingerprint density at radius 2 is 0.913 bits per heavy atom. The van der Waals surface area contributed by atoms with Crippen LogP contribution in [0.4, 0.5) is 0 Å². The predicted molar refractivity (Wildman–Crippen MR) is 98.1 cm³/mol. The van der Waals surface area contributed by atoms with Gasteiger partial charge < -0.3 is 10.2 Å². The van der Waals surface area contributed by atoms with Gasteiger partial charge in [0, 0.05) is 5.41 Å². The average molecular weight is 314 g/mol. The number of phenolic OH excluding ortho intramolecular Hbond substituents is 2. The van der Waals surface area contributed by atoms with Crippen LogP contribution in [0, 0.1) is 5.41 Å². The topological polar surface area (TPSA) is 40.5 Å². The molecule has 126 valence electrons. The highest BCUT2D eigenvalue weighted by Crippen LogP contribution is 2.32. The molecule has 2 nitrogen and oxygen atoms in total. The first kappa shape index (κ1) is 19.1. The smallest absolute Gasteiger partial charge is 0.115 e. The SMILES string of the molecule is CC(C)(c1ccc(O)cc1)c1ccc(O)cc1.CCC(C)(C)C. The van der Waals surface area contributed by atoms with E-state index in [0.717, 1.165) is 11.1 Å². The van der Waals surface area contributed by atoms with E-state index >= 15 is 0 Å². The number of hydrogen-bond acceptors (Lipinski definition) is 2. The van der Waals surface area contributed by atoms with Gasteiger partial charge in [-0.2, -0.15) is 0 Å². The third-order valence-corrected chi connectivity index (χ3v) is 4.24. The van der Waals surface area contributed by atoms with Crippen LogP contribution in [0.5, 0.6) is 11.5 Å². The molecule has 0 atom stereocenters. The van der Waals surface area contributed by atoms with E-state index in [0.29, 0.717) is 5.41 Å². The highest BCUT2D eigenvalue weighted by atomic mass is 16.3. The van der Waals surface area contributed by atoms with Gasteiger partial charge in [0.05, 0.1) is 0 Å². The summed E-state index contributed by atoms with van der Waals surface area (Å²) in [7, 11) is 0. The molecular formula is C21H30O2. The lowest BCUT2D eigenvalue weighted by Crippen LogP contribution is -2.18. The van der Waals surface area contributed by atoms with Gasteiger partial charge in [-0.3, -0.25) is 0 Å². The summed E-state index contributed by atoms with van der Waals surface area (Å²) < 4.78 is 0. The lowest BCUT2D eigenvalue weighted by molar-refractivity contribution is 0.398. The van der Waals surface area contributed by atoms with Gasteiger partial charge in [0.2, 0.25) is 0 Å². The average Bonchev–Trinajstić information content (AvgIpc) is 2.48. The molecule has 0 radical (unpaired) electrons. The van der Waals surface area contributed by atoms with Crippen LogP contribution in [0.15, 0.2) is 48.5 Å². The summed E-state index contributed by atoms with van der Waals surface area (Å²) in [6.45, 7) is 13.2. The zero-order valence-electron chi connectivity index (χ0n) is 15.2. The number of aromatic hydroxyl groups is 2. The highest BCUT2D eigenvalue weighted by Gasteiger charge is 2.22. The van der Waals surface area contributed by atoms with Gasteiger partial charge in [-0.15, -0.1) is 0 Å². The summed E-state index contributed by atoms with van der Waals surface area (Å²) in [6, 6.07) is 14.4. The fraction of sp³-hybridized carbons (Fsp3) is 0.429. The van der Waals surface area contributed by atoms with Crippen LogP contribution in [0.3, 0.4) is 0 Å². The number of phenols is 2. The molecular weight excluding hydrogens is 284 g/mol. The molecule has 0 spiro atoms. The lowest BCUT2D eigenvalue weighted by atomic mass is 9.78. The van der Waals surface area contributed by atoms with Crippen LogP contribution in [0.1, 0.15) is 59.1 Å². The number of rotatable bonds is 2. The number of benzene rings is 2. The second-order valence-electron chi connectivity index (χ2n) is 7.63. The van der Waals surface area contributed by atoms with Crippen molar-refractivity contribution in [1.82, 2.24) is 0 Å². The summed E-state index contributed by atoms with van der Waals surface area (Å²) in [5, 5.41) is 18.6. The van der Waals surface area contributed by atoms with E-state index in [1.54, 1.807) is 24.3 Å². The van der Waals surface area contributed by atoms with E-state index in [2.05, 4.69) is 41.5 Å². The van der Waals surface area contributed by atoms with E-state index in [9.17, 15) is 10.2 Å². The van der Waals surface area contributed by atoms with Crippen molar-refractivity contribution in [3.63, 3.8) is 0 Å². The molecule has 0 aliphatic heterocycles. The number of hydrogen-bond donors (Lipinski definition) is 2. The molecule has 2 aromatic rings. The summed E-state index contributed by atoms with van der Waals surface area (Å²) >= 11 is 0. The molecule has 0 amide bonds. The molecule has 23 heavy (non-hydrogen) atoms. The normalized spacial score (nSPS) is 11.6. The molecule has 0 fully saturated rings. The van der Waals surface area contributed by atoms with Crippen LogP contribution in [0.25, 0.3) is 0 Å². The fourth-order valence-corrected chi connectivity index (χ4v) is 1.92. The van der Waals surface area contributed by atoms with Gasteiger partial charge in [-0.1, -0.05) is 72.2 Å². The standard InChI is InChI=1S/C15H16O2.C6H14/c1-15(2,11-3-7-13(16)8-4-11)12-5-9-14(17)10-6-12;1-5-6(2,3)4/h3-10,16-17H,1-2H3;5H2,1-4H3. The van der Waals surface area contributed by atoms with E-state index in [1.165, 1.54) is 6.42 Å². The van der Waals surface area contributed by atoms with Crippen molar-refractivity contribution in [2.75, 3.05) is 0 Å². The van der Waals surface area contributed by atoms with Crippen LogP contribution >= 0.6 is 0 Å². The van der Waals surface area contributed by atoms with Crippen molar-refractivity contribution >= 4 is 0 Å². The molecule has 0 saturated heterocycles. The Hall–Kier alpha value is -1.96. The van der Waals surface area contributed by atoms with E-state index in [1.807, 2.05) is 24.3 Å². The van der Waals surface area contributed by atoms with Gasteiger partial charge in [0.1, 0.15) is 11.5 Å². The summed E-state index contributed by atoms with van der Waals surface area (Å²) in [4.78, 5) is 0. The maximum absolute atomic E-state index is 9.30. The molecule has 0 aromatic heterocycles. The fourth-order valence-electron chi connectivity index (χ4n) is 1.92. The quantitative estimate of drug-likeness (QED) is 0.728. The van der Waals surface area contributed by atoms with Gasteiger partial charge in [-0.05, 0) is 40.8 Å². The van der Waals surface area contributed by atoms with Crippen molar-refractivity contribution in [1.29, 1.82) is 0 Å². The van der Waals surface area contributed by atoms with Gasteiger partial charge in [-0.25, -0.2) is 0 Å². The van der Waals surface area contributed by atoms with E-state index in [4.69, 9.17) is 0 Å². The minimum Gasteiger partial charge on any atom is -0.508 e. The Balaban J connectivity index is 0.000000379. The van der Waals surface area contributed by atoms with Crippen molar-refractivity contribution in [3.05, 3.63) is 59.7 Å². The van der Waals surface area contributed by atoms with Crippen LogP contribution < -0.4 is 0 Å². The van der Waals surface area contributed by atoms with Crippen molar-refractivity contribution in [2.24, 2.45) is 5.41 Å².